The summed E-state index contributed by atoms with van der Waals surface area (Å²) in [4.78, 5) is 8.11. The third kappa shape index (κ3) is 2.15. The largest absolute Gasteiger partial charge is 0.335 e. The van der Waals surface area contributed by atoms with Gasteiger partial charge in [0.25, 0.3) is 0 Å². The first-order chi connectivity index (χ1) is 10.3. The Hall–Kier alpha value is -2.40. The zero-order chi connectivity index (χ0) is 14.2. The minimum absolute atomic E-state index is 0.735. The van der Waals surface area contributed by atoms with E-state index in [2.05, 4.69) is 39.0 Å². The topological polar surface area (TPSA) is 46.5 Å². The lowest BCUT2D eigenvalue weighted by Crippen LogP contribution is -2.02. The van der Waals surface area contributed by atoms with Crippen LogP contribution >= 0.6 is 11.3 Å². The molecule has 104 valence electrons. The Labute approximate surface area is 126 Å². The highest BCUT2D eigenvalue weighted by molar-refractivity contribution is 7.08. The number of thiophene rings is 1. The molecule has 0 spiro atoms. The molecule has 0 aliphatic heterocycles. The van der Waals surface area contributed by atoms with Gasteiger partial charge in [-0.1, -0.05) is 30.3 Å². The van der Waals surface area contributed by atoms with Gasteiger partial charge in [-0.05, 0) is 23.9 Å². The first-order valence-corrected chi connectivity index (χ1v) is 7.75. The van der Waals surface area contributed by atoms with Gasteiger partial charge in [0, 0.05) is 10.9 Å². The molecule has 1 N–H and O–H groups in total. The molecule has 0 saturated heterocycles. The monoisotopic (exact) mass is 294 g/mol. The highest BCUT2D eigenvalue weighted by Crippen LogP contribution is 2.24. The van der Waals surface area contributed by atoms with Crippen molar-refractivity contribution in [2.75, 3.05) is 0 Å². The molecule has 4 nitrogen and oxygen atoms in total. The third-order valence-electron chi connectivity index (χ3n) is 3.53. The van der Waals surface area contributed by atoms with E-state index in [0.717, 1.165) is 34.8 Å². The Bertz CT molecular complexity index is 872. The fraction of sp³-hybridized carbons (Fsp3) is 0.125. The van der Waals surface area contributed by atoms with Gasteiger partial charge in [-0.3, -0.25) is 0 Å². The molecular weight excluding hydrogens is 280 g/mol. The molecule has 0 unspecified atom stereocenters. The van der Waals surface area contributed by atoms with Crippen LogP contribution < -0.4 is 0 Å². The standard InChI is InChI=1S/C16H14N4S/c1-11-14-16(18-15(17-14)13-7-8-21-10-13)20(19-11)9-12-5-3-2-4-6-12/h2-8,10H,9H2,1H3,(H,17,18). The highest BCUT2D eigenvalue weighted by atomic mass is 32.1. The van der Waals surface area contributed by atoms with Gasteiger partial charge in [0.1, 0.15) is 11.3 Å². The van der Waals surface area contributed by atoms with Crippen LogP contribution in [0.25, 0.3) is 22.6 Å². The molecule has 21 heavy (non-hydrogen) atoms. The first-order valence-electron chi connectivity index (χ1n) is 6.81. The molecule has 0 amide bonds. The lowest BCUT2D eigenvalue weighted by Gasteiger charge is -2.01. The minimum atomic E-state index is 0.735. The van der Waals surface area contributed by atoms with Crippen LogP contribution in [-0.4, -0.2) is 19.7 Å². The summed E-state index contributed by atoms with van der Waals surface area (Å²) in [5.74, 6) is 0.911. The van der Waals surface area contributed by atoms with E-state index in [0.29, 0.717) is 0 Å². The second kappa shape index (κ2) is 4.86. The number of fused-ring (bicyclic) bond motifs is 1. The van der Waals surface area contributed by atoms with Crippen molar-refractivity contribution in [3.63, 3.8) is 0 Å². The Morgan fingerprint density at radius 2 is 2.05 bits per heavy atom. The van der Waals surface area contributed by atoms with Crippen molar-refractivity contribution in [3.05, 3.63) is 58.4 Å². The van der Waals surface area contributed by atoms with Gasteiger partial charge in [-0.25, -0.2) is 9.67 Å². The molecule has 0 aliphatic carbocycles. The van der Waals surface area contributed by atoms with E-state index >= 15 is 0 Å². The van der Waals surface area contributed by atoms with Crippen LogP contribution in [0.3, 0.4) is 0 Å². The van der Waals surface area contributed by atoms with Crippen molar-refractivity contribution in [2.45, 2.75) is 13.5 Å². The molecule has 1 aromatic carbocycles. The molecule has 0 fully saturated rings. The molecule has 3 aromatic heterocycles. The normalized spacial score (nSPS) is 11.3. The number of aromatic amines is 1. The molecule has 0 radical (unpaired) electrons. The zero-order valence-electron chi connectivity index (χ0n) is 11.6. The summed E-state index contributed by atoms with van der Waals surface area (Å²) in [6.07, 6.45) is 0. The van der Waals surface area contributed by atoms with Crippen molar-refractivity contribution in [1.82, 2.24) is 19.7 Å². The minimum Gasteiger partial charge on any atom is -0.335 e. The Morgan fingerprint density at radius 3 is 2.81 bits per heavy atom. The maximum absolute atomic E-state index is 4.72. The van der Waals surface area contributed by atoms with Crippen LogP contribution in [0.1, 0.15) is 11.3 Å². The lowest BCUT2D eigenvalue weighted by molar-refractivity contribution is 0.696. The average Bonchev–Trinajstić information content (AvgIpc) is 3.20. The van der Waals surface area contributed by atoms with Crippen molar-refractivity contribution in [1.29, 1.82) is 0 Å². The van der Waals surface area contributed by atoms with Crippen LogP contribution in [0, 0.1) is 6.92 Å². The zero-order valence-corrected chi connectivity index (χ0v) is 12.4. The average molecular weight is 294 g/mol. The van der Waals surface area contributed by atoms with E-state index in [1.54, 1.807) is 11.3 Å². The summed E-state index contributed by atoms with van der Waals surface area (Å²) in [6, 6.07) is 12.4. The molecule has 0 atom stereocenters. The fourth-order valence-corrected chi connectivity index (χ4v) is 3.12. The molecule has 0 saturated carbocycles. The summed E-state index contributed by atoms with van der Waals surface area (Å²) in [5, 5.41) is 8.75. The number of hydrogen-bond donors (Lipinski definition) is 1. The smallest absolute Gasteiger partial charge is 0.177 e. The lowest BCUT2D eigenvalue weighted by atomic mass is 10.2. The third-order valence-corrected chi connectivity index (χ3v) is 4.21. The molecule has 4 aromatic rings. The first kappa shape index (κ1) is 12.3. The summed E-state index contributed by atoms with van der Waals surface area (Å²) >= 11 is 1.68. The van der Waals surface area contributed by atoms with E-state index < -0.39 is 0 Å². The molecule has 5 heteroatoms. The van der Waals surface area contributed by atoms with Crippen LogP contribution in [0.4, 0.5) is 0 Å². The van der Waals surface area contributed by atoms with Crippen LogP contribution in [0.2, 0.25) is 0 Å². The highest BCUT2D eigenvalue weighted by Gasteiger charge is 2.14. The summed E-state index contributed by atoms with van der Waals surface area (Å²) < 4.78 is 1.96. The molecule has 0 bridgehead atoms. The quantitative estimate of drug-likeness (QED) is 0.624. The molecular formula is C16H14N4S. The fourth-order valence-electron chi connectivity index (χ4n) is 2.48. The maximum Gasteiger partial charge on any atom is 0.177 e. The van der Waals surface area contributed by atoms with Gasteiger partial charge >= 0.3 is 0 Å². The van der Waals surface area contributed by atoms with Crippen LogP contribution in [-0.2, 0) is 6.54 Å². The van der Waals surface area contributed by atoms with Gasteiger partial charge in [0.2, 0.25) is 0 Å². The van der Waals surface area contributed by atoms with E-state index in [9.17, 15) is 0 Å². The summed E-state index contributed by atoms with van der Waals surface area (Å²) in [7, 11) is 0. The van der Waals surface area contributed by atoms with E-state index in [4.69, 9.17) is 4.98 Å². The van der Waals surface area contributed by atoms with Crippen molar-refractivity contribution >= 4 is 22.5 Å². The summed E-state index contributed by atoms with van der Waals surface area (Å²) in [5.41, 5.74) is 5.27. The van der Waals surface area contributed by atoms with Gasteiger partial charge in [-0.15, -0.1) is 0 Å². The molecule has 3 heterocycles. The van der Waals surface area contributed by atoms with Crippen molar-refractivity contribution in [3.8, 4) is 11.4 Å². The Kier molecular flexibility index (Phi) is 2.86. The van der Waals surface area contributed by atoms with E-state index in [1.807, 2.05) is 29.8 Å². The Morgan fingerprint density at radius 1 is 1.19 bits per heavy atom. The van der Waals surface area contributed by atoms with Crippen LogP contribution in [0.15, 0.2) is 47.2 Å². The van der Waals surface area contributed by atoms with Gasteiger partial charge in [0.15, 0.2) is 5.65 Å². The number of nitrogens with one attached hydrogen (secondary N) is 1. The van der Waals surface area contributed by atoms with Crippen LogP contribution in [0.5, 0.6) is 0 Å². The predicted molar refractivity (Wildman–Crippen MR) is 85.5 cm³/mol. The number of benzene rings is 1. The van der Waals surface area contributed by atoms with Crippen molar-refractivity contribution < 1.29 is 0 Å². The number of aromatic nitrogens is 4. The van der Waals surface area contributed by atoms with E-state index in [-0.39, 0.29) is 0 Å². The molecule has 0 aliphatic rings. The van der Waals surface area contributed by atoms with Crippen molar-refractivity contribution in [2.24, 2.45) is 0 Å². The predicted octanol–water partition coefficient (Wildman–Crippen LogP) is 3.84. The van der Waals surface area contributed by atoms with Gasteiger partial charge < -0.3 is 4.98 Å². The maximum atomic E-state index is 4.72. The Balaban J connectivity index is 1.79. The summed E-state index contributed by atoms with van der Waals surface area (Å²) in [6.45, 7) is 2.75. The second-order valence-electron chi connectivity index (χ2n) is 5.02. The molecule has 4 rings (SSSR count). The number of hydrogen-bond acceptors (Lipinski definition) is 3. The number of imidazole rings is 1. The van der Waals surface area contributed by atoms with E-state index in [1.165, 1.54) is 5.56 Å². The number of H-pyrrole nitrogens is 1. The van der Waals surface area contributed by atoms with Gasteiger partial charge in [0.05, 0.1) is 12.2 Å². The number of nitrogens with zero attached hydrogens (tertiary/aromatic N) is 3. The van der Waals surface area contributed by atoms with Gasteiger partial charge in [-0.2, -0.15) is 16.4 Å². The SMILES string of the molecule is Cc1nn(Cc2ccccc2)c2nc(-c3ccsc3)[nH]c12. The number of rotatable bonds is 3. The number of aryl methyl sites for hydroxylation is 1. The second-order valence-corrected chi connectivity index (χ2v) is 5.80.